The van der Waals surface area contributed by atoms with Crippen LogP contribution in [0.1, 0.15) is 11.1 Å². The molecule has 1 fully saturated rings. The van der Waals surface area contributed by atoms with Crippen molar-refractivity contribution in [3.8, 4) is 0 Å². The van der Waals surface area contributed by atoms with E-state index in [-0.39, 0.29) is 17.5 Å². The zero-order chi connectivity index (χ0) is 19.1. The van der Waals surface area contributed by atoms with E-state index in [0.29, 0.717) is 31.6 Å². The van der Waals surface area contributed by atoms with Gasteiger partial charge in [-0.05, 0) is 30.2 Å². The van der Waals surface area contributed by atoms with E-state index < -0.39 is 0 Å². The standard InChI is InChI=1S/C21H25F2N3O/c22-19-7-5-17(6-8-19)9-10-24-21(27)16-26-13-11-25(12-14-26)15-18-3-1-2-4-20(18)23/h1-8H,9-16H2,(H,24,27). The summed E-state index contributed by atoms with van der Waals surface area (Å²) in [7, 11) is 0. The van der Waals surface area contributed by atoms with Crippen LogP contribution < -0.4 is 5.32 Å². The minimum Gasteiger partial charge on any atom is -0.355 e. The molecule has 0 bridgehead atoms. The number of hydrogen-bond acceptors (Lipinski definition) is 3. The Labute approximate surface area is 158 Å². The molecule has 1 aliphatic heterocycles. The van der Waals surface area contributed by atoms with Gasteiger partial charge in [0.05, 0.1) is 6.54 Å². The average Bonchev–Trinajstić information content (AvgIpc) is 2.67. The Balaban J connectivity index is 1.34. The minimum absolute atomic E-state index is 0.000310. The van der Waals surface area contributed by atoms with Crippen LogP contribution in [0.4, 0.5) is 8.78 Å². The van der Waals surface area contributed by atoms with Crippen LogP contribution in [0.2, 0.25) is 0 Å². The number of piperazine rings is 1. The van der Waals surface area contributed by atoms with Crippen molar-refractivity contribution in [3.05, 3.63) is 71.3 Å². The fourth-order valence-corrected chi connectivity index (χ4v) is 3.23. The molecule has 0 radical (unpaired) electrons. The lowest BCUT2D eigenvalue weighted by molar-refractivity contribution is -0.122. The predicted molar refractivity (Wildman–Crippen MR) is 101 cm³/mol. The number of carbonyl (C=O) groups excluding carboxylic acids is 1. The lowest BCUT2D eigenvalue weighted by atomic mass is 10.1. The average molecular weight is 373 g/mol. The first-order valence-corrected chi connectivity index (χ1v) is 9.29. The molecule has 144 valence electrons. The van der Waals surface area contributed by atoms with Crippen LogP contribution in [0.5, 0.6) is 0 Å². The van der Waals surface area contributed by atoms with E-state index in [2.05, 4.69) is 15.1 Å². The molecule has 0 aromatic heterocycles. The molecule has 0 saturated carbocycles. The van der Waals surface area contributed by atoms with Crippen molar-refractivity contribution >= 4 is 5.91 Å². The molecule has 0 atom stereocenters. The number of nitrogens with one attached hydrogen (secondary N) is 1. The Morgan fingerprint density at radius 1 is 0.926 bits per heavy atom. The van der Waals surface area contributed by atoms with E-state index in [9.17, 15) is 13.6 Å². The van der Waals surface area contributed by atoms with Crippen LogP contribution in [-0.4, -0.2) is 55.0 Å². The molecule has 1 amide bonds. The van der Waals surface area contributed by atoms with Gasteiger partial charge in [-0.3, -0.25) is 14.6 Å². The number of carbonyl (C=O) groups is 1. The van der Waals surface area contributed by atoms with Gasteiger partial charge in [0.25, 0.3) is 0 Å². The van der Waals surface area contributed by atoms with Gasteiger partial charge in [0.2, 0.25) is 5.91 Å². The molecule has 4 nitrogen and oxygen atoms in total. The summed E-state index contributed by atoms with van der Waals surface area (Å²) in [6.45, 7) is 4.73. The number of hydrogen-bond donors (Lipinski definition) is 1. The van der Waals surface area contributed by atoms with E-state index in [1.54, 1.807) is 18.2 Å². The topological polar surface area (TPSA) is 35.6 Å². The van der Waals surface area contributed by atoms with Crippen LogP contribution in [0, 0.1) is 11.6 Å². The predicted octanol–water partition coefficient (Wildman–Crippen LogP) is 2.44. The quantitative estimate of drug-likeness (QED) is 0.810. The summed E-state index contributed by atoms with van der Waals surface area (Å²) in [4.78, 5) is 16.4. The molecule has 3 rings (SSSR count). The molecule has 6 heteroatoms. The molecular formula is C21H25F2N3O. The van der Waals surface area contributed by atoms with Crippen LogP contribution in [-0.2, 0) is 17.8 Å². The Kier molecular flexibility index (Phi) is 6.90. The molecule has 0 spiro atoms. The SMILES string of the molecule is O=C(CN1CCN(Cc2ccccc2F)CC1)NCCc1ccc(F)cc1. The van der Waals surface area contributed by atoms with Gasteiger partial charge in [0.15, 0.2) is 0 Å². The second-order valence-electron chi connectivity index (χ2n) is 6.87. The van der Waals surface area contributed by atoms with Crippen molar-refractivity contribution < 1.29 is 13.6 Å². The maximum atomic E-state index is 13.7. The summed E-state index contributed by atoms with van der Waals surface area (Å²) in [6, 6.07) is 13.2. The summed E-state index contributed by atoms with van der Waals surface area (Å²) in [5.74, 6) is -0.419. The first kappa shape index (κ1) is 19.5. The third kappa shape index (κ3) is 6.12. The molecular weight excluding hydrogens is 348 g/mol. The summed E-state index contributed by atoms with van der Waals surface area (Å²) in [5, 5.41) is 2.91. The largest absolute Gasteiger partial charge is 0.355 e. The number of amides is 1. The second-order valence-corrected chi connectivity index (χ2v) is 6.87. The number of halogens is 2. The van der Waals surface area contributed by atoms with Crippen LogP contribution in [0.15, 0.2) is 48.5 Å². The lowest BCUT2D eigenvalue weighted by Crippen LogP contribution is -2.49. The summed E-state index contributed by atoms with van der Waals surface area (Å²) in [5.41, 5.74) is 1.71. The number of nitrogens with zero attached hydrogens (tertiary/aromatic N) is 2. The van der Waals surface area contributed by atoms with Crippen molar-refractivity contribution in [1.29, 1.82) is 0 Å². The molecule has 0 unspecified atom stereocenters. The molecule has 2 aromatic rings. The Morgan fingerprint density at radius 3 is 2.30 bits per heavy atom. The van der Waals surface area contributed by atoms with E-state index >= 15 is 0 Å². The maximum Gasteiger partial charge on any atom is 0.234 e. The van der Waals surface area contributed by atoms with Crippen LogP contribution >= 0.6 is 0 Å². The van der Waals surface area contributed by atoms with Gasteiger partial charge in [0.1, 0.15) is 11.6 Å². The first-order valence-electron chi connectivity index (χ1n) is 9.29. The first-order chi connectivity index (χ1) is 13.1. The van der Waals surface area contributed by atoms with Crippen molar-refractivity contribution in [2.45, 2.75) is 13.0 Å². The maximum absolute atomic E-state index is 13.7. The van der Waals surface area contributed by atoms with Crippen molar-refractivity contribution in [2.24, 2.45) is 0 Å². The van der Waals surface area contributed by atoms with Gasteiger partial charge in [-0.2, -0.15) is 0 Å². The Hall–Kier alpha value is -2.31. The van der Waals surface area contributed by atoms with Gasteiger partial charge in [-0.1, -0.05) is 30.3 Å². The van der Waals surface area contributed by atoms with Crippen LogP contribution in [0.3, 0.4) is 0 Å². The van der Waals surface area contributed by atoms with E-state index in [1.165, 1.54) is 18.2 Å². The third-order valence-corrected chi connectivity index (χ3v) is 4.83. The molecule has 0 aliphatic carbocycles. The highest BCUT2D eigenvalue weighted by atomic mass is 19.1. The highest BCUT2D eigenvalue weighted by Gasteiger charge is 2.19. The molecule has 1 aliphatic rings. The van der Waals surface area contributed by atoms with E-state index in [1.807, 2.05) is 12.1 Å². The van der Waals surface area contributed by atoms with Crippen molar-refractivity contribution in [3.63, 3.8) is 0 Å². The normalized spacial score (nSPS) is 15.6. The fraction of sp³-hybridized carbons (Fsp3) is 0.381. The van der Waals surface area contributed by atoms with Crippen molar-refractivity contribution in [1.82, 2.24) is 15.1 Å². The van der Waals surface area contributed by atoms with Gasteiger partial charge >= 0.3 is 0 Å². The van der Waals surface area contributed by atoms with Gasteiger partial charge in [-0.25, -0.2) is 8.78 Å². The molecule has 1 N–H and O–H groups in total. The van der Waals surface area contributed by atoms with Crippen LogP contribution in [0.25, 0.3) is 0 Å². The van der Waals surface area contributed by atoms with Gasteiger partial charge < -0.3 is 5.32 Å². The lowest BCUT2D eigenvalue weighted by Gasteiger charge is -2.34. The Morgan fingerprint density at radius 2 is 1.59 bits per heavy atom. The summed E-state index contributed by atoms with van der Waals surface area (Å²) in [6.07, 6.45) is 0.683. The molecule has 1 heterocycles. The zero-order valence-corrected chi connectivity index (χ0v) is 15.3. The summed E-state index contributed by atoms with van der Waals surface area (Å²) >= 11 is 0. The second kappa shape index (κ2) is 9.58. The van der Waals surface area contributed by atoms with Gasteiger partial charge in [-0.15, -0.1) is 0 Å². The molecule has 2 aromatic carbocycles. The minimum atomic E-state index is -0.253. The zero-order valence-electron chi connectivity index (χ0n) is 15.3. The van der Waals surface area contributed by atoms with Crippen molar-refractivity contribution in [2.75, 3.05) is 39.3 Å². The number of rotatable bonds is 7. The number of benzene rings is 2. The third-order valence-electron chi connectivity index (χ3n) is 4.83. The fourth-order valence-electron chi connectivity index (χ4n) is 3.23. The molecule has 27 heavy (non-hydrogen) atoms. The van der Waals surface area contributed by atoms with E-state index in [0.717, 1.165) is 31.7 Å². The highest BCUT2D eigenvalue weighted by Crippen LogP contribution is 2.12. The smallest absolute Gasteiger partial charge is 0.234 e. The van der Waals surface area contributed by atoms with E-state index in [4.69, 9.17) is 0 Å². The van der Waals surface area contributed by atoms with Gasteiger partial charge in [0, 0.05) is 44.8 Å². The summed E-state index contributed by atoms with van der Waals surface area (Å²) < 4.78 is 26.6. The molecule has 1 saturated heterocycles. The monoisotopic (exact) mass is 373 g/mol. The highest BCUT2D eigenvalue weighted by molar-refractivity contribution is 5.78. The Bertz CT molecular complexity index is 743.